The molecule has 1 heterocycles. The Morgan fingerprint density at radius 3 is 2.47 bits per heavy atom. The van der Waals surface area contributed by atoms with Gasteiger partial charge in [0, 0.05) is 18.0 Å². The first-order valence-corrected chi connectivity index (χ1v) is 10.6. The monoisotopic (exact) mass is 403 g/mol. The van der Waals surface area contributed by atoms with Crippen molar-refractivity contribution in [1.29, 1.82) is 0 Å². The normalized spacial score (nSPS) is 20.7. The van der Waals surface area contributed by atoms with Gasteiger partial charge in [-0.1, -0.05) is 60.7 Å². The van der Waals surface area contributed by atoms with Gasteiger partial charge in [-0.15, -0.1) is 0 Å². The van der Waals surface area contributed by atoms with E-state index in [-0.39, 0.29) is 12.1 Å². The molecule has 4 nitrogen and oxygen atoms in total. The lowest BCUT2D eigenvalue weighted by atomic mass is 9.95. The Hall–Kier alpha value is -2.82. The fraction of sp³-hybridized carbons (Fsp3) is 0.308. The van der Waals surface area contributed by atoms with Crippen LogP contribution in [0.5, 0.6) is 11.5 Å². The minimum absolute atomic E-state index is 0.0866. The van der Waals surface area contributed by atoms with Crippen molar-refractivity contribution in [3.8, 4) is 11.5 Å². The molecule has 4 rings (SSSR count). The van der Waals surface area contributed by atoms with E-state index in [4.69, 9.17) is 9.47 Å². The molecule has 0 bridgehead atoms. The number of fused-ring (bicyclic) bond motifs is 1. The Labute approximate surface area is 178 Å². The maximum atomic E-state index is 11.1. The second kappa shape index (κ2) is 9.79. The van der Waals surface area contributed by atoms with E-state index in [9.17, 15) is 5.11 Å². The second-order valence-corrected chi connectivity index (χ2v) is 7.75. The zero-order chi connectivity index (χ0) is 20.8. The van der Waals surface area contributed by atoms with Gasteiger partial charge in [-0.25, -0.2) is 0 Å². The standard InChI is InChI=1S/C26H29NO3/c1-29-21-15-13-20(14-16-21)25-18-23(26(28)22-11-5-6-12-24(22)30-25)27-17-7-10-19-8-3-2-4-9-19/h2-6,8-9,11-16,23,25-28H,7,10,17-18H2,1H3. The van der Waals surface area contributed by atoms with Crippen LogP contribution in [0.15, 0.2) is 78.9 Å². The number of hydrogen-bond donors (Lipinski definition) is 2. The summed E-state index contributed by atoms with van der Waals surface area (Å²) in [6.07, 6.45) is 1.98. The van der Waals surface area contributed by atoms with Gasteiger partial charge < -0.3 is 19.9 Å². The molecule has 30 heavy (non-hydrogen) atoms. The summed E-state index contributed by atoms with van der Waals surface area (Å²) in [5.41, 5.74) is 3.26. The van der Waals surface area contributed by atoms with Crippen molar-refractivity contribution in [3.63, 3.8) is 0 Å². The predicted molar refractivity (Wildman–Crippen MR) is 119 cm³/mol. The van der Waals surface area contributed by atoms with E-state index in [1.807, 2.05) is 54.6 Å². The average molecular weight is 404 g/mol. The largest absolute Gasteiger partial charge is 0.497 e. The highest BCUT2D eigenvalue weighted by atomic mass is 16.5. The number of aryl methyl sites for hydroxylation is 1. The number of methoxy groups -OCH3 is 1. The molecule has 156 valence electrons. The molecule has 0 aliphatic carbocycles. The molecule has 0 fully saturated rings. The van der Waals surface area contributed by atoms with Crippen LogP contribution < -0.4 is 14.8 Å². The molecule has 3 unspecified atom stereocenters. The third kappa shape index (κ3) is 4.84. The van der Waals surface area contributed by atoms with Crippen molar-refractivity contribution in [2.45, 2.75) is 37.5 Å². The van der Waals surface area contributed by atoms with E-state index in [1.54, 1.807) is 7.11 Å². The third-order valence-electron chi connectivity index (χ3n) is 5.74. The number of ether oxygens (including phenoxy) is 2. The Kier molecular flexibility index (Phi) is 6.67. The summed E-state index contributed by atoms with van der Waals surface area (Å²) in [6, 6.07) is 26.2. The number of aliphatic hydroxyl groups is 1. The second-order valence-electron chi connectivity index (χ2n) is 7.75. The molecule has 1 aliphatic rings. The van der Waals surface area contributed by atoms with Gasteiger partial charge in [-0.3, -0.25) is 0 Å². The van der Waals surface area contributed by atoms with Gasteiger partial charge >= 0.3 is 0 Å². The maximum Gasteiger partial charge on any atom is 0.126 e. The maximum absolute atomic E-state index is 11.1. The number of para-hydroxylation sites is 1. The van der Waals surface area contributed by atoms with Crippen LogP contribution in [0.4, 0.5) is 0 Å². The van der Waals surface area contributed by atoms with Crippen molar-refractivity contribution in [1.82, 2.24) is 5.32 Å². The first-order chi connectivity index (χ1) is 14.7. The first-order valence-electron chi connectivity index (χ1n) is 10.6. The molecule has 0 amide bonds. The predicted octanol–water partition coefficient (Wildman–Crippen LogP) is 4.84. The topological polar surface area (TPSA) is 50.7 Å². The van der Waals surface area contributed by atoms with Gasteiger partial charge in [-0.05, 0) is 48.7 Å². The smallest absolute Gasteiger partial charge is 0.126 e. The summed E-state index contributed by atoms with van der Waals surface area (Å²) < 4.78 is 11.6. The van der Waals surface area contributed by atoms with Crippen molar-refractivity contribution in [3.05, 3.63) is 95.6 Å². The molecule has 3 aromatic carbocycles. The van der Waals surface area contributed by atoms with E-state index < -0.39 is 6.10 Å². The highest BCUT2D eigenvalue weighted by Gasteiger charge is 2.32. The molecule has 3 atom stereocenters. The Bertz CT molecular complexity index is 927. The Morgan fingerprint density at radius 1 is 0.967 bits per heavy atom. The van der Waals surface area contributed by atoms with Crippen LogP contribution in [0.2, 0.25) is 0 Å². The number of nitrogens with one attached hydrogen (secondary N) is 1. The van der Waals surface area contributed by atoms with Gasteiger partial charge in [0.15, 0.2) is 0 Å². The molecule has 0 spiro atoms. The van der Waals surface area contributed by atoms with Crippen LogP contribution in [0, 0.1) is 0 Å². The minimum Gasteiger partial charge on any atom is -0.497 e. The Morgan fingerprint density at radius 2 is 1.70 bits per heavy atom. The lowest BCUT2D eigenvalue weighted by Crippen LogP contribution is -2.36. The highest BCUT2D eigenvalue weighted by Crippen LogP contribution is 2.38. The van der Waals surface area contributed by atoms with E-state index in [1.165, 1.54) is 5.56 Å². The molecular weight excluding hydrogens is 374 g/mol. The van der Waals surface area contributed by atoms with Crippen LogP contribution in [0.1, 0.15) is 41.7 Å². The lowest BCUT2D eigenvalue weighted by molar-refractivity contribution is 0.112. The van der Waals surface area contributed by atoms with Gasteiger partial charge in [0.2, 0.25) is 0 Å². The van der Waals surface area contributed by atoms with Crippen molar-refractivity contribution >= 4 is 0 Å². The van der Waals surface area contributed by atoms with Crippen LogP contribution in [-0.4, -0.2) is 24.8 Å². The molecule has 0 saturated heterocycles. The molecule has 0 aromatic heterocycles. The third-order valence-corrected chi connectivity index (χ3v) is 5.74. The van der Waals surface area contributed by atoms with E-state index in [0.717, 1.165) is 42.0 Å². The van der Waals surface area contributed by atoms with Crippen LogP contribution in [0.3, 0.4) is 0 Å². The van der Waals surface area contributed by atoms with Crippen molar-refractivity contribution in [2.75, 3.05) is 13.7 Å². The zero-order valence-corrected chi connectivity index (χ0v) is 17.3. The number of benzene rings is 3. The number of aliphatic hydroxyl groups excluding tert-OH is 1. The number of hydrogen-bond acceptors (Lipinski definition) is 4. The first kappa shape index (κ1) is 20.5. The molecule has 4 heteroatoms. The summed E-state index contributed by atoms with van der Waals surface area (Å²) in [4.78, 5) is 0. The highest BCUT2D eigenvalue weighted by molar-refractivity contribution is 5.38. The molecule has 0 radical (unpaired) electrons. The fourth-order valence-corrected chi connectivity index (χ4v) is 4.05. The average Bonchev–Trinajstić information content (AvgIpc) is 2.94. The van der Waals surface area contributed by atoms with E-state index >= 15 is 0 Å². The fourth-order valence-electron chi connectivity index (χ4n) is 4.05. The molecule has 3 aromatic rings. The Balaban J connectivity index is 1.48. The van der Waals surface area contributed by atoms with Crippen LogP contribution in [-0.2, 0) is 6.42 Å². The quantitative estimate of drug-likeness (QED) is 0.554. The summed E-state index contributed by atoms with van der Waals surface area (Å²) in [5.74, 6) is 1.57. The summed E-state index contributed by atoms with van der Waals surface area (Å²) in [7, 11) is 1.67. The summed E-state index contributed by atoms with van der Waals surface area (Å²) in [5, 5.41) is 14.7. The van der Waals surface area contributed by atoms with Crippen molar-refractivity contribution in [2.24, 2.45) is 0 Å². The molecule has 1 aliphatic heterocycles. The summed E-state index contributed by atoms with van der Waals surface area (Å²) in [6.45, 7) is 0.841. The lowest BCUT2D eigenvalue weighted by Gasteiger charge is -2.24. The van der Waals surface area contributed by atoms with Gasteiger partial charge in [0.05, 0.1) is 13.2 Å². The number of rotatable bonds is 7. The summed E-state index contributed by atoms with van der Waals surface area (Å²) >= 11 is 0. The van der Waals surface area contributed by atoms with E-state index in [0.29, 0.717) is 6.42 Å². The van der Waals surface area contributed by atoms with Crippen molar-refractivity contribution < 1.29 is 14.6 Å². The molecule has 2 N–H and O–H groups in total. The zero-order valence-electron chi connectivity index (χ0n) is 17.3. The van der Waals surface area contributed by atoms with E-state index in [2.05, 4.69) is 29.6 Å². The van der Waals surface area contributed by atoms with Crippen LogP contribution >= 0.6 is 0 Å². The molecule has 0 saturated carbocycles. The minimum atomic E-state index is -0.610. The SMILES string of the molecule is COc1ccc(C2CC(NCCCc3ccccc3)C(O)c3ccccc3O2)cc1. The van der Waals surface area contributed by atoms with Gasteiger partial charge in [0.1, 0.15) is 17.6 Å². The van der Waals surface area contributed by atoms with Gasteiger partial charge in [-0.2, -0.15) is 0 Å². The van der Waals surface area contributed by atoms with Crippen LogP contribution in [0.25, 0.3) is 0 Å². The van der Waals surface area contributed by atoms with Gasteiger partial charge in [0.25, 0.3) is 0 Å². The molecular formula is C26H29NO3.